The number of nitrogens with one attached hydrogen (secondary N) is 3. The molecule has 24 nitrogen and oxygen atoms in total. The molecule has 0 aromatic heterocycles. The first-order valence-corrected chi connectivity index (χ1v) is 35.7. The van der Waals surface area contributed by atoms with Crippen molar-refractivity contribution in [1.82, 2.24) is 60.0 Å². The van der Waals surface area contributed by atoms with Gasteiger partial charge in [-0.05, 0) is 124 Å². The molecule has 12 amide bonds. The molecule has 9 atom stereocenters. The number of amides is 12. The highest BCUT2D eigenvalue weighted by atomic mass is 35.5. The van der Waals surface area contributed by atoms with E-state index >= 15 is 19.2 Å². The quantitative estimate of drug-likeness (QED) is 0.249. The summed E-state index contributed by atoms with van der Waals surface area (Å²) < 4.78 is 41.6. The predicted octanol–water partition coefficient (Wildman–Crippen LogP) is 5.57. The van der Waals surface area contributed by atoms with Crippen molar-refractivity contribution in [2.75, 3.05) is 81.6 Å². The molecule has 0 bridgehead atoms. The van der Waals surface area contributed by atoms with Crippen molar-refractivity contribution in [1.29, 1.82) is 0 Å². The molecule has 0 radical (unpaired) electrons. The van der Waals surface area contributed by atoms with Crippen LogP contribution in [0.1, 0.15) is 148 Å². The summed E-state index contributed by atoms with van der Waals surface area (Å²) in [6.07, 6.45) is -1.20. The third kappa shape index (κ3) is 18.9. The zero-order valence-corrected chi connectivity index (χ0v) is 61.3. The zero-order chi connectivity index (χ0) is 74.0. The van der Waals surface area contributed by atoms with Crippen molar-refractivity contribution in [2.24, 2.45) is 17.8 Å². The van der Waals surface area contributed by atoms with Gasteiger partial charge in [0.1, 0.15) is 53.9 Å². The van der Waals surface area contributed by atoms with Crippen LogP contribution in [0.15, 0.2) is 42.5 Å². The van der Waals surface area contributed by atoms with Gasteiger partial charge < -0.3 is 60.0 Å². The third-order valence-corrected chi connectivity index (χ3v) is 21.3. The molecule has 4 saturated heterocycles. The summed E-state index contributed by atoms with van der Waals surface area (Å²) in [6.45, 7) is 10.4. The smallest absolute Gasteiger partial charge is 0.343 e. The fraction of sp³-hybridized carbons (Fsp3) is 0.662. The number of aryl methyl sites for hydroxylation is 1. The maximum absolute atomic E-state index is 15.4. The number of rotatable bonds is 11. The van der Waals surface area contributed by atoms with Gasteiger partial charge in [-0.25, -0.2) is 0 Å². The molecule has 5 fully saturated rings. The lowest BCUT2D eigenvalue weighted by Crippen LogP contribution is -2.65. The molecule has 7 rings (SSSR count). The van der Waals surface area contributed by atoms with Crippen LogP contribution >= 0.6 is 23.2 Å². The van der Waals surface area contributed by atoms with Crippen molar-refractivity contribution in [3.8, 4) is 0 Å². The lowest BCUT2D eigenvalue weighted by atomic mass is 9.91. The van der Waals surface area contributed by atoms with Crippen molar-refractivity contribution in [3.63, 3.8) is 0 Å². The molecule has 4 heterocycles. The predicted molar refractivity (Wildman–Crippen MR) is 368 cm³/mol. The standard InChI is InChI=1S/C71H101Cl2F3N12O12/c1-13-44(6)59-67(98)81(8)41-58(91)87-35-29-52(87)65(96)83(10)54(38-46-21-25-47(72)26-22-46)64(95)80(7)40-56(89)77-50(28-24-45-23-27-48(49(73)37-45)71(74,75)76)63(94)88-34-19-20-51(88)62(93)79-70(30-15-16-31-70)69(100)85(12)60(43(4)5)68(99)84(11)55(66(97)86-32-17-14-18-33-86)39-57(90)82(9)53(36-42(2)3)61(92)78-59/h21-23,25-27,37,42-44,50-55,59-60H,13-20,24,28-36,38-41H2,1-12H3,(H,77,89)(H,78,92)(H,79,93)/t44-,50-,51-,52-,53-,54-,55-,59-,60-/m0/s1. The molecule has 2 aromatic rings. The van der Waals surface area contributed by atoms with Crippen LogP contribution in [0.5, 0.6) is 0 Å². The summed E-state index contributed by atoms with van der Waals surface area (Å²) >= 11 is 12.4. The number of hydrogen-bond donors (Lipinski definition) is 3. The van der Waals surface area contributed by atoms with E-state index in [1.165, 1.54) is 77.8 Å². The van der Waals surface area contributed by atoms with Crippen LogP contribution in [0.4, 0.5) is 13.2 Å². The van der Waals surface area contributed by atoms with E-state index in [2.05, 4.69) is 16.0 Å². The van der Waals surface area contributed by atoms with E-state index in [4.69, 9.17) is 23.2 Å². The van der Waals surface area contributed by atoms with Crippen molar-refractivity contribution in [3.05, 3.63) is 69.2 Å². The Kier molecular flexibility index (Phi) is 27.5. The second kappa shape index (κ2) is 34.4. The molecular weight excluding hydrogens is 1340 g/mol. The second-order valence-corrected chi connectivity index (χ2v) is 29.5. The highest BCUT2D eigenvalue weighted by Crippen LogP contribution is 2.37. The van der Waals surface area contributed by atoms with E-state index in [1.807, 2.05) is 20.8 Å². The van der Waals surface area contributed by atoms with E-state index in [1.54, 1.807) is 49.9 Å². The van der Waals surface area contributed by atoms with E-state index < -0.39 is 173 Å². The first-order chi connectivity index (χ1) is 47.0. The van der Waals surface area contributed by atoms with Gasteiger partial charge in [0.25, 0.3) is 0 Å². The van der Waals surface area contributed by atoms with E-state index in [0.29, 0.717) is 62.2 Å². The number of piperidine rings is 1. The Labute approximate surface area is 595 Å². The summed E-state index contributed by atoms with van der Waals surface area (Å²) in [7, 11) is 8.36. The zero-order valence-electron chi connectivity index (χ0n) is 59.8. The topological polar surface area (TPSA) is 270 Å². The Morgan fingerprint density at radius 2 is 1.25 bits per heavy atom. The number of alkyl halides is 3. The number of fused-ring (bicyclic) bond motifs is 2. The summed E-state index contributed by atoms with van der Waals surface area (Å²) in [4.78, 5) is 190. The van der Waals surface area contributed by atoms with Gasteiger partial charge in [0, 0.05) is 79.9 Å². The monoisotopic (exact) mass is 1440 g/mol. The minimum atomic E-state index is -4.77. The van der Waals surface area contributed by atoms with Crippen LogP contribution < -0.4 is 16.0 Å². The molecule has 3 N–H and O–H groups in total. The molecule has 2 aromatic carbocycles. The number of likely N-dealkylation sites (tertiary alicyclic amines) is 1. The van der Waals surface area contributed by atoms with E-state index in [0.717, 1.165) is 28.4 Å². The number of carbonyl (C=O) groups excluding carboxylic acids is 12. The fourth-order valence-electron chi connectivity index (χ4n) is 14.4. The van der Waals surface area contributed by atoms with Crippen LogP contribution in [-0.2, 0) is 76.6 Å². The number of hydrogen-bond acceptors (Lipinski definition) is 12. The average molecular weight is 1440 g/mol. The summed E-state index contributed by atoms with van der Waals surface area (Å²) in [5.74, 6) is -9.40. The van der Waals surface area contributed by atoms with Crippen LogP contribution in [0, 0.1) is 17.8 Å². The van der Waals surface area contributed by atoms with Crippen LogP contribution in [0.2, 0.25) is 10.0 Å². The molecule has 1 spiro atoms. The average Bonchev–Trinajstić information content (AvgIpc) is 1.37. The summed E-state index contributed by atoms with van der Waals surface area (Å²) in [5, 5.41) is 8.43. The van der Waals surface area contributed by atoms with Gasteiger partial charge in [0.05, 0.1) is 30.1 Å². The summed E-state index contributed by atoms with van der Waals surface area (Å²) in [6, 6.07) is -0.574. The van der Waals surface area contributed by atoms with Crippen LogP contribution in [0.25, 0.3) is 0 Å². The Morgan fingerprint density at radius 1 is 0.620 bits per heavy atom. The lowest BCUT2D eigenvalue weighted by Gasteiger charge is -2.43. The molecule has 552 valence electrons. The largest absolute Gasteiger partial charge is 0.417 e. The maximum Gasteiger partial charge on any atom is 0.417 e. The first kappa shape index (κ1) is 79.8. The van der Waals surface area contributed by atoms with Gasteiger partial charge >= 0.3 is 6.18 Å². The van der Waals surface area contributed by atoms with Crippen LogP contribution in [-0.4, -0.2) is 250 Å². The minimum absolute atomic E-state index is 0.0103. The maximum atomic E-state index is 15.4. The van der Waals surface area contributed by atoms with E-state index in [9.17, 15) is 51.5 Å². The number of nitrogens with zero attached hydrogens (tertiary/aromatic N) is 9. The lowest BCUT2D eigenvalue weighted by molar-refractivity contribution is -0.157. The minimum Gasteiger partial charge on any atom is -0.343 e. The third-order valence-electron chi connectivity index (χ3n) is 20.7. The van der Waals surface area contributed by atoms with Gasteiger partial charge in [-0.15, -0.1) is 0 Å². The molecule has 29 heteroatoms. The Morgan fingerprint density at radius 3 is 1.83 bits per heavy atom. The Bertz CT molecular complexity index is 3350. The summed E-state index contributed by atoms with van der Waals surface area (Å²) in [5.41, 5.74) is -1.84. The van der Waals surface area contributed by atoms with Crippen molar-refractivity contribution in [2.45, 2.75) is 204 Å². The highest BCUT2D eigenvalue weighted by Gasteiger charge is 2.51. The van der Waals surface area contributed by atoms with Crippen molar-refractivity contribution >= 4 is 94.1 Å². The van der Waals surface area contributed by atoms with Gasteiger partial charge in [0.2, 0.25) is 70.9 Å². The van der Waals surface area contributed by atoms with Gasteiger partial charge in [-0.1, -0.05) is 102 Å². The van der Waals surface area contributed by atoms with Crippen LogP contribution in [0.3, 0.4) is 0 Å². The Balaban J connectivity index is 1.29. The number of likely N-dealkylation sites (N-methyl/N-ethyl adjacent to an activating group) is 6. The molecule has 1 saturated carbocycles. The van der Waals surface area contributed by atoms with Crippen molar-refractivity contribution < 1.29 is 70.7 Å². The number of halogens is 5. The number of carbonyl (C=O) groups is 12. The normalized spacial score (nSPS) is 25.9. The first-order valence-electron chi connectivity index (χ1n) is 35.0. The Hall–Kier alpha value is -7.55. The highest BCUT2D eigenvalue weighted by molar-refractivity contribution is 6.31. The van der Waals surface area contributed by atoms with Gasteiger partial charge in [-0.2, -0.15) is 13.2 Å². The van der Waals surface area contributed by atoms with E-state index in [-0.39, 0.29) is 75.9 Å². The molecule has 100 heavy (non-hydrogen) atoms. The SMILES string of the molecule is CC[C@H](C)[C@@H]1NC(=O)[C@H](CC(C)C)N(C)C(=O)C[C@@H](C(=O)N2CCCCC2)N(C)C(=O)[C@H](C(C)C)N(C)C(=O)C2(CCCC2)NC(=O)[C@@H]2CCCN2C(=O)[C@H](CCc2ccc(C(F)(F)F)c(Cl)c2)NC(=O)CN(C)C(=O)[C@H](Cc2ccc(Cl)cc2)N(C)C(=O)[C@@H]2CCN2C(=O)CN(C)C1=O. The molecule has 5 aliphatic rings. The molecule has 0 unspecified atom stereocenters. The molecule has 4 aliphatic heterocycles. The number of benzene rings is 2. The molecule has 1 aliphatic carbocycles. The van der Waals surface area contributed by atoms with Gasteiger partial charge in [-0.3, -0.25) is 57.5 Å². The van der Waals surface area contributed by atoms with Gasteiger partial charge in [0.15, 0.2) is 0 Å². The molecular formula is C71H101Cl2F3N12O12. The second-order valence-electron chi connectivity index (χ2n) is 28.7. The fourth-order valence-corrected chi connectivity index (χ4v) is 14.8.